The molecular weight excluding hydrogens is 268 g/mol. The smallest absolute Gasteiger partial charge is 0.246 e. The van der Waals surface area contributed by atoms with Gasteiger partial charge in [-0.25, -0.2) is 0 Å². The lowest BCUT2D eigenvalue weighted by Gasteiger charge is -2.49. The second-order valence-corrected chi connectivity index (χ2v) is 6.24. The van der Waals surface area contributed by atoms with Crippen LogP contribution < -0.4 is 5.32 Å². The molecule has 5 heteroatoms. The summed E-state index contributed by atoms with van der Waals surface area (Å²) >= 11 is 0. The van der Waals surface area contributed by atoms with Crippen LogP contribution in [0.1, 0.15) is 58.8 Å². The van der Waals surface area contributed by atoms with Crippen molar-refractivity contribution in [3.63, 3.8) is 0 Å². The van der Waals surface area contributed by atoms with Gasteiger partial charge < -0.3 is 15.0 Å². The van der Waals surface area contributed by atoms with Crippen molar-refractivity contribution in [1.82, 2.24) is 10.2 Å². The zero-order valence-corrected chi connectivity index (χ0v) is 13.3. The quantitative estimate of drug-likeness (QED) is 0.761. The summed E-state index contributed by atoms with van der Waals surface area (Å²) in [5.41, 5.74) is -0.615. The Morgan fingerprint density at radius 3 is 2.62 bits per heavy atom. The molecule has 2 aliphatic rings. The van der Waals surface area contributed by atoms with E-state index < -0.39 is 11.6 Å². The lowest BCUT2D eigenvalue weighted by molar-refractivity contribution is -0.160. The Balaban J connectivity index is 2.03. The van der Waals surface area contributed by atoms with Crippen LogP contribution in [0, 0.1) is 0 Å². The highest BCUT2D eigenvalue weighted by molar-refractivity contribution is 5.99. The van der Waals surface area contributed by atoms with Gasteiger partial charge in [-0.2, -0.15) is 0 Å². The van der Waals surface area contributed by atoms with Crippen LogP contribution in [0.2, 0.25) is 0 Å². The fourth-order valence-corrected chi connectivity index (χ4v) is 3.42. The fraction of sp³-hybridized carbons (Fsp3) is 0.875. The molecule has 2 rings (SSSR count). The van der Waals surface area contributed by atoms with Crippen LogP contribution in [0.5, 0.6) is 0 Å². The van der Waals surface area contributed by atoms with Crippen molar-refractivity contribution in [2.45, 2.75) is 70.4 Å². The number of unbranched alkanes of at least 4 members (excludes halogenated alkanes) is 1. The van der Waals surface area contributed by atoms with E-state index in [2.05, 4.69) is 12.2 Å². The van der Waals surface area contributed by atoms with E-state index in [-0.39, 0.29) is 11.8 Å². The molecule has 1 saturated heterocycles. The molecule has 2 fully saturated rings. The van der Waals surface area contributed by atoms with Gasteiger partial charge in [0.1, 0.15) is 11.6 Å². The van der Waals surface area contributed by atoms with Crippen LogP contribution in [0.3, 0.4) is 0 Å². The first-order valence-corrected chi connectivity index (χ1v) is 8.32. The van der Waals surface area contributed by atoms with Gasteiger partial charge in [-0.05, 0) is 26.2 Å². The molecule has 1 unspecified atom stereocenters. The predicted octanol–water partition coefficient (Wildman–Crippen LogP) is 1.85. The molecule has 0 aromatic rings. The molecular formula is C16H28N2O3. The molecule has 1 aliphatic heterocycles. The van der Waals surface area contributed by atoms with Crippen molar-refractivity contribution in [1.29, 1.82) is 0 Å². The number of piperazine rings is 1. The predicted molar refractivity (Wildman–Crippen MR) is 80.9 cm³/mol. The van der Waals surface area contributed by atoms with Gasteiger partial charge in [-0.15, -0.1) is 0 Å². The Hall–Kier alpha value is -1.10. The van der Waals surface area contributed by atoms with Crippen molar-refractivity contribution < 1.29 is 14.3 Å². The molecule has 1 N–H and O–H groups in total. The van der Waals surface area contributed by atoms with E-state index in [1.54, 1.807) is 6.92 Å². The molecule has 1 saturated carbocycles. The van der Waals surface area contributed by atoms with Crippen LogP contribution >= 0.6 is 0 Å². The highest BCUT2D eigenvalue weighted by Crippen LogP contribution is 2.36. The second-order valence-electron chi connectivity index (χ2n) is 6.24. The van der Waals surface area contributed by atoms with Crippen molar-refractivity contribution >= 4 is 11.8 Å². The molecule has 1 spiro atoms. The van der Waals surface area contributed by atoms with Gasteiger partial charge in [0.15, 0.2) is 0 Å². The molecule has 21 heavy (non-hydrogen) atoms. The molecule has 2 amide bonds. The minimum Gasteiger partial charge on any atom is -0.380 e. The molecule has 0 aromatic heterocycles. The number of nitrogens with zero attached hydrogens (tertiary/aromatic N) is 1. The van der Waals surface area contributed by atoms with Gasteiger partial charge in [0.2, 0.25) is 11.8 Å². The minimum absolute atomic E-state index is 0.0304. The number of hydrogen-bond donors (Lipinski definition) is 1. The third-order valence-electron chi connectivity index (χ3n) is 4.71. The van der Waals surface area contributed by atoms with Crippen LogP contribution in [-0.4, -0.2) is 48.1 Å². The third-order valence-corrected chi connectivity index (χ3v) is 4.71. The summed E-state index contributed by atoms with van der Waals surface area (Å²) in [6, 6.07) is -0.416. The SMILES string of the molecule is CCCCOCCN1C(=O)C(C)NC(=O)C12CCCCC2. The topological polar surface area (TPSA) is 58.6 Å². The number of ether oxygens (including phenoxy) is 1. The summed E-state index contributed by atoms with van der Waals surface area (Å²) < 4.78 is 5.60. The van der Waals surface area contributed by atoms with E-state index in [0.29, 0.717) is 13.2 Å². The standard InChI is InChI=1S/C16H28N2O3/c1-3-4-11-21-12-10-18-14(19)13(2)17-15(20)16(18)8-6-5-7-9-16/h13H,3-12H2,1-2H3,(H,17,20). The van der Waals surface area contributed by atoms with E-state index in [1.165, 1.54) is 0 Å². The summed E-state index contributed by atoms with van der Waals surface area (Å²) in [5.74, 6) is 0.0680. The van der Waals surface area contributed by atoms with Gasteiger partial charge in [-0.3, -0.25) is 9.59 Å². The van der Waals surface area contributed by atoms with E-state index in [1.807, 2.05) is 4.90 Å². The molecule has 120 valence electrons. The van der Waals surface area contributed by atoms with Crippen LogP contribution in [0.25, 0.3) is 0 Å². The molecule has 5 nitrogen and oxygen atoms in total. The minimum atomic E-state index is -0.615. The molecule has 0 aromatic carbocycles. The van der Waals surface area contributed by atoms with Gasteiger partial charge >= 0.3 is 0 Å². The van der Waals surface area contributed by atoms with Gasteiger partial charge in [-0.1, -0.05) is 32.6 Å². The zero-order chi connectivity index (χ0) is 15.3. The number of rotatable bonds is 6. The number of carbonyl (C=O) groups excluding carboxylic acids is 2. The normalized spacial score (nSPS) is 25.2. The largest absolute Gasteiger partial charge is 0.380 e. The van der Waals surface area contributed by atoms with E-state index in [0.717, 1.165) is 51.6 Å². The van der Waals surface area contributed by atoms with Gasteiger partial charge in [0, 0.05) is 13.2 Å². The summed E-state index contributed by atoms with van der Waals surface area (Å²) in [7, 11) is 0. The molecule has 1 aliphatic carbocycles. The van der Waals surface area contributed by atoms with Gasteiger partial charge in [0.25, 0.3) is 0 Å². The number of carbonyl (C=O) groups is 2. The summed E-state index contributed by atoms with van der Waals surface area (Å²) in [6.07, 6.45) is 6.89. The van der Waals surface area contributed by atoms with Crippen molar-refractivity contribution in [2.24, 2.45) is 0 Å². The van der Waals surface area contributed by atoms with Crippen molar-refractivity contribution in [3.8, 4) is 0 Å². The maximum Gasteiger partial charge on any atom is 0.246 e. The van der Waals surface area contributed by atoms with E-state index in [9.17, 15) is 9.59 Å². The average Bonchev–Trinajstić information content (AvgIpc) is 2.49. The maximum absolute atomic E-state index is 12.5. The Morgan fingerprint density at radius 1 is 1.24 bits per heavy atom. The number of amides is 2. The fourth-order valence-electron chi connectivity index (χ4n) is 3.42. The lowest BCUT2D eigenvalue weighted by Crippen LogP contribution is -2.70. The second kappa shape index (κ2) is 7.25. The highest BCUT2D eigenvalue weighted by Gasteiger charge is 2.51. The Labute approximate surface area is 127 Å². The summed E-state index contributed by atoms with van der Waals surface area (Å²) in [4.78, 5) is 26.9. The first-order chi connectivity index (χ1) is 10.1. The van der Waals surface area contributed by atoms with Crippen LogP contribution in [0.4, 0.5) is 0 Å². The number of hydrogen-bond acceptors (Lipinski definition) is 3. The van der Waals surface area contributed by atoms with E-state index >= 15 is 0 Å². The first kappa shape index (κ1) is 16.3. The monoisotopic (exact) mass is 296 g/mol. The average molecular weight is 296 g/mol. The Bertz CT molecular complexity index is 378. The van der Waals surface area contributed by atoms with Crippen LogP contribution in [-0.2, 0) is 14.3 Å². The Kier molecular flexibility index (Phi) is 5.62. The maximum atomic E-state index is 12.5. The summed E-state index contributed by atoms with van der Waals surface area (Å²) in [5, 5.41) is 2.86. The molecule has 1 heterocycles. The third kappa shape index (κ3) is 3.39. The zero-order valence-electron chi connectivity index (χ0n) is 13.3. The van der Waals surface area contributed by atoms with Gasteiger partial charge in [0.05, 0.1) is 6.61 Å². The number of nitrogens with one attached hydrogen (secondary N) is 1. The molecule has 0 radical (unpaired) electrons. The Morgan fingerprint density at radius 2 is 1.95 bits per heavy atom. The lowest BCUT2D eigenvalue weighted by atomic mass is 9.77. The first-order valence-electron chi connectivity index (χ1n) is 8.32. The van der Waals surface area contributed by atoms with Crippen molar-refractivity contribution in [2.75, 3.05) is 19.8 Å². The summed E-state index contributed by atoms with van der Waals surface area (Å²) in [6.45, 7) is 5.67. The molecule has 1 atom stereocenters. The van der Waals surface area contributed by atoms with Crippen LogP contribution in [0.15, 0.2) is 0 Å². The highest BCUT2D eigenvalue weighted by atomic mass is 16.5. The van der Waals surface area contributed by atoms with Crippen molar-refractivity contribution in [3.05, 3.63) is 0 Å². The van der Waals surface area contributed by atoms with E-state index in [4.69, 9.17) is 4.74 Å². The molecule has 0 bridgehead atoms.